The summed E-state index contributed by atoms with van der Waals surface area (Å²) in [5, 5.41) is 6.52. The van der Waals surface area contributed by atoms with Crippen molar-refractivity contribution in [1.82, 2.24) is 15.0 Å². The van der Waals surface area contributed by atoms with Gasteiger partial charge in [0.05, 0.1) is 17.9 Å². The molecule has 1 atom stereocenters. The molecular formula is C25H24ClN5O4. The molecule has 1 saturated heterocycles. The maximum atomic E-state index is 13.1. The highest BCUT2D eigenvalue weighted by molar-refractivity contribution is 6.30. The molecule has 9 nitrogen and oxygen atoms in total. The molecule has 2 aliphatic heterocycles. The van der Waals surface area contributed by atoms with E-state index in [-0.39, 0.29) is 18.5 Å². The number of esters is 1. The van der Waals surface area contributed by atoms with Crippen molar-refractivity contribution in [3.63, 3.8) is 0 Å². The summed E-state index contributed by atoms with van der Waals surface area (Å²) in [5.41, 5.74) is 1.60. The van der Waals surface area contributed by atoms with Crippen molar-refractivity contribution in [1.29, 1.82) is 0 Å². The van der Waals surface area contributed by atoms with E-state index in [0.717, 1.165) is 11.3 Å². The number of nitrogens with zero attached hydrogens (tertiary/aromatic N) is 5. The minimum atomic E-state index is -0.406. The first-order chi connectivity index (χ1) is 17.1. The number of anilines is 1. The average molecular weight is 494 g/mol. The molecule has 2 aliphatic rings. The zero-order valence-corrected chi connectivity index (χ0v) is 19.7. The fourth-order valence-corrected chi connectivity index (χ4v) is 4.47. The van der Waals surface area contributed by atoms with Crippen molar-refractivity contribution in [3.05, 3.63) is 77.5 Å². The van der Waals surface area contributed by atoms with Crippen LogP contribution in [0.25, 0.3) is 0 Å². The van der Waals surface area contributed by atoms with Crippen molar-refractivity contribution >= 4 is 35.1 Å². The number of hydrogen-bond donors (Lipinski definition) is 0. The quantitative estimate of drug-likeness (QED) is 0.480. The van der Waals surface area contributed by atoms with Crippen LogP contribution < -0.4 is 4.90 Å². The van der Waals surface area contributed by atoms with Crippen LogP contribution in [-0.2, 0) is 14.3 Å². The van der Waals surface area contributed by atoms with Gasteiger partial charge in [-0.25, -0.2) is 15.0 Å². The van der Waals surface area contributed by atoms with E-state index < -0.39 is 11.9 Å². The highest BCUT2D eigenvalue weighted by Crippen LogP contribution is 2.33. The van der Waals surface area contributed by atoms with E-state index in [1.807, 2.05) is 23.1 Å². The van der Waals surface area contributed by atoms with Gasteiger partial charge in [-0.3, -0.25) is 9.59 Å². The van der Waals surface area contributed by atoms with E-state index in [1.165, 1.54) is 5.01 Å². The molecule has 35 heavy (non-hydrogen) atoms. The summed E-state index contributed by atoms with van der Waals surface area (Å²) in [4.78, 5) is 36.3. The van der Waals surface area contributed by atoms with Gasteiger partial charge in [0, 0.05) is 36.9 Å². The van der Waals surface area contributed by atoms with Crippen molar-refractivity contribution in [2.75, 3.05) is 24.6 Å². The minimum Gasteiger partial charge on any atom is -0.467 e. The number of ether oxygens (including phenoxy) is 1. The third-order valence-electron chi connectivity index (χ3n) is 6.22. The van der Waals surface area contributed by atoms with Crippen LogP contribution >= 0.6 is 11.6 Å². The highest BCUT2D eigenvalue weighted by atomic mass is 35.5. The minimum absolute atomic E-state index is 0.268. The highest BCUT2D eigenvalue weighted by Gasteiger charge is 2.36. The molecule has 0 radical (unpaired) electrons. The number of hydrazone groups is 1. The Morgan fingerprint density at radius 1 is 1.06 bits per heavy atom. The fraction of sp³-hybridized carbons (Fsp3) is 0.320. The van der Waals surface area contributed by atoms with Gasteiger partial charge in [-0.1, -0.05) is 23.7 Å². The van der Waals surface area contributed by atoms with Gasteiger partial charge in [-0.15, -0.1) is 0 Å². The van der Waals surface area contributed by atoms with Gasteiger partial charge in [0.1, 0.15) is 11.8 Å². The van der Waals surface area contributed by atoms with Crippen molar-refractivity contribution in [3.8, 4) is 0 Å². The predicted octanol–water partition coefficient (Wildman–Crippen LogP) is 3.86. The number of carbonyl (C=O) groups excluding carboxylic acids is 2. The number of amides is 1. The molecule has 0 saturated carbocycles. The maximum Gasteiger partial charge on any atom is 0.309 e. The van der Waals surface area contributed by atoms with Crippen LogP contribution in [0, 0.1) is 5.92 Å². The van der Waals surface area contributed by atoms with E-state index in [2.05, 4.69) is 15.1 Å². The van der Waals surface area contributed by atoms with Crippen molar-refractivity contribution < 1.29 is 18.7 Å². The summed E-state index contributed by atoms with van der Waals surface area (Å²) >= 11 is 6.00. The third-order valence-corrected chi connectivity index (χ3v) is 6.47. The summed E-state index contributed by atoms with van der Waals surface area (Å²) in [6.07, 6.45) is 6.67. The molecule has 0 aliphatic carbocycles. The molecule has 3 aromatic rings. The van der Waals surface area contributed by atoms with Gasteiger partial charge < -0.3 is 14.1 Å². The fourth-order valence-electron chi connectivity index (χ4n) is 4.35. The molecule has 0 N–H and O–H groups in total. The molecular weight excluding hydrogens is 470 g/mol. The lowest BCUT2D eigenvalue weighted by molar-refractivity contribution is -0.156. The Morgan fingerprint density at radius 2 is 1.80 bits per heavy atom. The molecule has 1 amide bonds. The number of piperidine rings is 1. The molecule has 10 heteroatoms. The van der Waals surface area contributed by atoms with E-state index in [4.69, 9.17) is 20.8 Å². The lowest BCUT2D eigenvalue weighted by Crippen LogP contribution is -2.39. The monoisotopic (exact) mass is 493 g/mol. The Bertz CT molecular complexity index is 1190. The van der Waals surface area contributed by atoms with Crippen LogP contribution in [0.15, 0.2) is 70.6 Å². The number of aromatic nitrogens is 2. The van der Waals surface area contributed by atoms with Crippen molar-refractivity contribution in [2.24, 2.45) is 11.0 Å². The van der Waals surface area contributed by atoms with Gasteiger partial charge in [0.2, 0.25) is 5.95 Å². The molecule has 180 valence electrons. The lowest BCUT2D eigenvalue weighted by Gasteiger charge is -2.30. The van der Waals surface area contributed by atoms with Gasteiger partial charge in [0.25, 0.3) is 5.91 Å². The average Bonchev–Trinajstić information content (AvgIpc) is 3.59. The van der Waals surface area contributed by atoms with Crippen LogP contribution in [0.3, 0.4) is 0 Å². The third kappa shape index (κ3) is 5.19. The summed E-state index contributed by atoms with van der Waals surface area (Å²) in [6.45, 7) is 0.924. The molecule has 5 rings (SSSR count). The van der Waals surface area contributed by atoms with E-state index in [1.54, 1.807) is 42.9 Å². The number of furan rings is 1. The van der Waals surface area contributed by atoms with Gasteiger partial charge in [0.15, 0.2) is 6.61 Å². The summed E-state index contributed by atoms with van der Waals surface area (Å²) < 4.78 is 11.0. The van der Waals surface area contributed by atoms with E-state index >= 15 is 0 Å². The van der Waals surface area contributed by atoms with Gasteiger partial charge >= 0.3 is 5.97 Å². The van der Waals surface area contributed by atoms with Crippen molar-refractivity contribution in [2.45, 2.75) is 25.3 Å². The smallest absolute Gasteiger partial charge is 0.309 e. The van der Waals surface area contributed by atoms with Gasteiger partial charge in [-0.2, -0.15) is 5.10 Å². The first-order valence-corrected chi connectivity index (χ1v) is 11.8. The molecule has 4 heterocycles. The summed E-state index contributed by atoms with van der Waals surface area (Å²) in [5.74, 6) is 0.228. The normalized spacial score (nSPS) is 18.4. The second-order valence-corrected chi connectivity index (χ2v) is 8.88. The predicted molar refractivity (Wildman–Crippen MR) is 129 cm³/mol. The maximum absolute atomic E-state index is 13.1. The van der Waals surface area contributed by atoms with Crippen LogP contribution in [-0.4, -0.2) is 52.3 Å². The SMILES string of the molecule is O=C(OCC(=O)N1N=C(c2ccc(Cl)cc2)CC1c1ccco1)C1CCN(c2ncccn2)CC1. The Labute approximate surface area is 207 Å². The standard InChI is InChI=1S/C25H24ClN5O4/c26-19-6-4-17(5-7-19)20-15-21(22-3-1-14-34-22)31(29-20)23(32)16-35-24(33)18-8-12-30(13-9-18)25-27-10-2-11-28-25/h1-7,10-11,14,18,21H,8-9,12-13,15-16H2. The molecule has 0 spiro atoms. The Morgan fingerprint density at radius 3 is 2.49 bits per heavy atom. The number of rotatable bonds is 6. The summed E-state index contributed by atoms with van der Waals surface area (Å²) in [6, 6.07) is 12.2. The number of halogens is 1. The zero-order chi connectivity index (χ0) is 24.2. The molecule has 0 bridgehead atoms. The first kappa shape index (κ1) is 23.0. The largest absolute Gasteiger partial charge is 0.467 e. The molecule has 1 aromatic carbocycles. The molecule has 1 fully saturated rings. The van der Waals surface area contributed by atoms with Crippen LogP contribution in [0.1, 0.15) is 36.6 Å². The Balaban J connectivity index is 1.20. The first-order valence-electron chi connectivity index (χ1n) is 11.5. The molecule has 1 unspecified atom stereocenters. The zero-order valence-electron chi connectivity index (χ0n) is 18.9. The Hall–Kier alpha value is -3.72. The van der Waals surface area contributed by atoms with Gasteiger partial charge in [-0.05, 0) is 48.7 Å². The summed E-state index contributed by atoms with van der Waals surface area (Å²) in [7, 11) is 0. The lowest BCUT2D eigenvalue weighted by atomic mass is 9.97. The van der Waals surface area contributed by atoms with Crippen LogP contribution in [0.2, 0.25) is 5.02 Å². The van der Waals surface area contributed by atoms with E-state index in [9.17, 15) is 9.59 Å². The number of carbonyl (C=O) groups is 2. The topological polar surface area (TPSA) is 101 Å². The second-order valence-electron chi connectivity index (χ2n) is 8.45. The second kappa shape index (κ2) is 10.3. The van der Waals surface area contributed by atoms with E-state index in [0.29, 0.717) is 49.1 Å². The van der Waals surface area contributed by atoms with Crippen LogP contribution in [0.4, 0.5) is 5.95 Å². The Kier molecular flexibility index (Phi) is 6.76. The molecule has 2 aromatic heterocycles. The number of hydrogen-bond acceptors (Lipinski definition) is 8. The number of benzene rings is 1. The van der Waals surface area contributed by atoms with Crippen LogP contribution in [0.5, 0.6) is 0 Å².